The molecule has 0 saturated heterocycles. The van der Waals surface area contributed by atoms with Crippen LogP contribution in [0.4, 0.5) is 0 Å². The van der Waals surface area contributed by atoms with Gasteiger partial charge in [0.25, 0.3) is 10.0 Å². The van der Waals surface area contributed by atoms with Crippen LogP contribution in [0.1, 0.15) is 26.2 Å². The zero-order valence-electron chi connectivity index (χ0n) is 9.82. The monoisotopic (exact) mass is 279 g/mol. The van der Waals surface area contributed by atoms with Crippen molar-refractivity contribution in [2.45, 2.75) is 31.2 Å². The van der Waals surface area contributed by atoms with Crippen LogP contribution >= 0.6 is 11.6 Å². The van der Waals surface area contributed by atoms with Crippen molar-refractivity contribution >= 4 is 21.6 Å². The lowest BCUT2D eigenvalue weighted by Gasteiger charge is -2.15. The summed E-state index contributed by atoms with van der Waals surface area (Å²) in [7, 11) is -3.46. The van der Waals surface area contributed by atoms with Crippen LogP contribution in [0, 0.1) is 5.92 Å². The van der Waals surface area contributed by atoms with E-state index < -0.39 is 10.0 Å². The number of halogens is 1. The van der Waals surface area contributed by atoms with Crippen molar-refractivity contribution in [1.82, 2.24) is 14.9 Å². The first-order valence-electron chi connectivity index (χ1n) is 5.65. The number of rotatable bonds is 8. The minimum absolute atomic E-state index is 0.0959. The van der Waals surface area contributed by atoms with Crippen molar-refractivity contribution in [2.75, 3.05) is 12.4 Å². The Hall–Kier alpha value is -0.590. The molecule has 0 spiro atoms. The highest BCUT2D eigenvalue weighted by atomic mass is 35.5. The van der Waals surface area contributed by atoms with Crippen LogP contribution in [0.3, 0.4) is 0 Å². The highest BCUT2D eigenvalue weighted by Gasteiger charge is 2.17. The zero-order valence-corrected chi connectivity index (χ0v) is 11.4. The Bertz CT molecular complexity index is 399. The number of nitrogens with one attached hydrogen (secondary N) is 2. The molecular formula is C10H18ClN3O2S. The summed E-state index contributed by atoms with van der Waals surface area (Å²) in [5.41, 5.74) is 0. The summed E-state index contributed by atoms with van der Waals surface area (Å²) < 4.78 is 26.2. The van der Waals surface area contributed by atoms with E-state index in [4.69, 9.17) is 11.6 Å². The molecule has 0 aromatic carbocycles. The Morgan fingerprint density at radius 2 is 2.29 bits per heavy atom. The molecule has 1 aromatic heterocycles. The van der Waals surface area contributed by atoms with Crippen LogP contribution in [0.25, 0.3) is 0 Å². The minimum atomic E-state index is -3.46. The van der Waals surface area contributed by atoms with Crippen LogP contribution in [-0.2, 0) is 10.0 Å². The number of aromatic amines is 1. The molecular weight excluding hydrogens is 262 g/mol. The third-order valence-electron chi connectivity index (χ3n) is 2.54. The molecule has 0 amide bonds. The molecule has 1 rings (SSSR count). The maximum atomic E-state index is 11.8. The molecule has 5 nitrogen and oxygen atoms in total. The van der Waals surface area contributed by atoms with Gasteiger partial charge in [0.05, 0.1) is 6.20 Å². The normalized spacial score (nSPS) is 13.8. The molecule has 2 N–H and O–H groups in total. The van der Waals surface area contributed by atoms with Crippen molar-refractivity contribution in [3.63, 3.8) is 0 Å². The molecule has 0 bridgehead atoms. The number of sulfonamides is 1. The van der Waals surface area contributed by atoms with Gasteiger partial charge in [-0.1, -0.05) is 13.3 Å². The molecule has 17 heavy (non-hydrogen) atoms. The van der Waals surface area contributed by atoms with Gasteiger partial charge in [0, 0.05) is 12.4 Å². The molecule has 0 saturated carbocycles. The van der Waals surface area contributed by atoms with Crippen LogP contribution in [0.5, 0.6) is 0 Å². The van der Waals surface area contributed by atoms with E-state index in [0.29, 0.717) is 12.4 Å². The third kappa shape index (κ3) is 4.65. The number of alkyl halides is 1. The van der Waals surface area contributed by atoms with Crippen LogP contribution in [0.2, 0.25) is 0 Å². The van der Waals surface area contributed by atoms with E-state index in [1.54, 1.807) is 0 Å². The smallest absolute Gasteiger partial charge is 0.257 e. The highest BCUT2D eigenvalue weighted by molar-refractivity contribution is 7.89. The van der Waals surface area contributed by atoms with Crippen LogP contribution in [0.15, 0.2) is 17.3 Å². The van der Waals surface area contributed by atoms with Gasteiger partial charge in [0.15, 0.2) is 5.03 Å². The summed E-state index contributed by atoms with van der Waals surface area (Å²) >= 11 is 5.69. The van der Waals surface area contributed by atoms with Crippen molar-refractivity contribution in [3.8, 4) is 0 Å². The second kappa shape index (κ2) is 6.98. The Morgan fingerprint density at radius 3 is 2.82 bits per heavy atom. The van der Waals surface area contributed by atoms with Gasteiger partial charge in [-0.15, -0.1) is 11.6 Å². The Balaban J connectivity index is 2.53. The third-order valence-corrected chi connectivity index (χ3v) is 4.11. The van der Waals surface area contributed by atoms with E-state index in [-0.39, 0.29) is 10.9 Å². The van der Waals surface area contributed by atoms with Gasteiger partial charge in [-0.3, -0.25) is 5.10 Å². The fraction of sp³-hybridized carbons (Fsp3) is 0.700. The number of hydrogen-bond donors (Lipinski definition) is 2. The second-order valence-corrected chi connectivity index (χ2v) is 6.02. The van der Waals surface area contributed by atoms with E-state index in [0.717, 1.165) is 19.3 Å². The van der Waals surface area contributed by atoms with Gasteiger partial charge in [0.2, 0.25) is 0 Å². The fourth-order valence-corrected chi connectivity index (χ4v) is 2.94. The van der Waals surface area contributed by atoms with E-state index in [9.17, 15) is 8.42 Å². The second-order valence-electron chi connectivity index (χ2n) is 3.91. The Labute approximate surface area is 107 Å². The average molecular weight is 280 g/mol. The topological polar surface area (TPSA) is 74.8 Å². The van der Waals surface area contributed by atoms with Gasteiger partial charge in [-0.2, -0.15) is 5.10 Å². The molecule has 0 aliphatic rings. The molecule has 1 aromatic rings. The summed E-state index contributed by atoms with van der Waals surface area (Å²) in [5, 5.41) is 6.16. The first-order valence-corrected chi connectivity index (χ1v) is 7.67. The Morgan fingerprint density at radius 1 is 1.53 bits per heavy atom. The van der Waals surface area contributed by atoms with E-state index in [1.165, 1.54) is 12.3 Å². The summed E-state index contributed by atoms with van der Waals surface area (Å²) in [6.07, 6.45) is 4.23. The summed E-state index contributed by atoms with van der Waals surface area (Å²) in [6.45, 7) is 2.49. The lowest BCUT2D eigenvalue weighted by molar-refractivity contribution is 0.456. The number of H-pyrrole nitrogens is 1. The van der Waals surface area contributed by atoms with Crippen molar-refractivity contribution < 1.29 is 8.42 Å². The molecule has 98 valence electrons. The van der Waals surface area contributed by atoms with Crippen LogP contribution in [-0.4, -0.2) is 31.0 Å². The standard InChI is InChI=1S/C10H18ClN3O2S/c1-2-3-9(4-6-11)8-13-17(15,16)10-5-7-12-14-10/h5,7,9,13H,2-4,6,8H2,1H3,(H,12,14). The summed E-state index contributed by atoms with van der Waals surface area (Å²) in [5.74, 6) is 0.839. The van der Waals surface area contributed by atoms with Gasteiger partial charge in [-0.05, 0) is 24.8 Å². The molecule has 1 heterocycles. The minimum Gasteiger partial charge on any atom is -0.266 e. The van der Waals surface area contributed by atoms with E-state index in [2.05, 4.69) is 21.8 Å². The molecule has 1 unspecified atom stereocenters. The maximum absolute atomic E-state index is 11.8. The van der Waals surface area contributed by atoms with Gasteiger partial charge >= 0.3 is 0 Å². The highest BCUT2D eigenvalue weighted by Crippen LogP contribution is 2.12. The van der Waals surface area contributed by atoms with Gasteiger partial charge < -0.3 is 0 Å². The van der Waals surface area contributed by atoms with Gasteiger partial charge in [0.1, 0.15) is 0 Å². The van der Waals surface area contributed by atoms with Crippen molar-refractivity contribution in [3.05, 3.63) is 12.3 Å². The molecule has 0 aliphatic heterocycles. The number of aromatic nitrogens is 2. The molecule has 0 radical (unpaired) electrons. The maximum Gasteiger partial charge on any atom is 0.257 e. The van der Waals surface area contributed by atoms with E-state index >= 15 is 0 Å². The molecule has 7 heteroatoms. The predicted octanol–water partition coefficient (Wildman–Crippen LogP) is 1.73. The number of nitrogens with zero attached hydrogens (tertiary/aromatic N) is 1. The lowest BCUT2D eigenvalue weighted by Crippen LogP contribution is -2.30. The first-order chi connectivity index (χ1) is 8.10. The molecule has 0 fully saturated rings. The van der Waals surface area contributed by atoms with Crippen molar-refractivity contribution in [1.29, 1.82) is 0 Å². The largest absolute Gasteiger partial charge is 0.266 e. The number of hydrogen-bond acceptors (Lipinski definition) is 3. The molecule has 1 atom stereocenters. The summed E-state index contributed by atoms with van der Waals surface area (Å²) in [6, 6.07) is 1.43. The van der Waals surface area contributed by atoms with Crippen molar-refractivity contribution in [2.24, 2.45) is 5.92 Å². The quantitative estimate of drug-likeness (QED) is 0.712. The SMILES string of the molecule is CCCC(CCCl)CNS(=O)(=O)c1ccn[nH]1. The van der Waals surface area contributed by atoms with Crippen LogP contribution < -0.4 is 4.72 Å². The first kappa shape index (κ1) is 14.5. The Kier molecular flexibility index (Phi) is 5.94. The van der Waals surface area contributed by atoms with E-state index in [1.807, 2.05) is 0 Å². The predicted molar refractivity (Wildman–Crippen MR) is 67.5 cm³/mol. The van der Waals surface area contributed by atoms with Gasteiger partial charge in [-0.25, -0.2) is 13.1 Å². The molecule has 0 aliphatic carbocycles. The lowest BCUT2D eigenvalue weighted by atomic mass is 10.0. The summed E-state index contributed by atoms with van der Waals surface area (Å²) in [4.78, 5) is 0. The zero-order chi connectivity index (χ0) is 12.7. The fourth-order valence-electron chi connectivity index (χ4n) is 1.61. The average Bonchev–Trinajstić information content (AvgIpc) is 2.81.